The minimum absolute atomic E-state index is 0.338. The lowest BCUT2D eigenvalue weighted by molar-refractivity contribution is -0.259. The molecule has 2 N–H and O–H groups in total. The third kappa shape index (κ3) is 6.52. The maximum atomic E-state index is 10.9. The van der Waals surface area contributed by atoms with Gasteiger partial charge in [0.2, 0.25) is 11.0 Å². The molecule has 0 unspecified atom stereocenters. The van der Waals surface area contributed by atoms with Crippen LogP contribution in [0.15, 0.2) is 27.8 Å². The van der Waals surface area contributed by atoms with E-state index in [1.54, 1.807) is 12.6 Å². The summed E-state index contributed by atoms with van der Waals surface area (Å²) < 4.78 is 11.7. The van der Waals surface area contributed by atoms with Gasteiger partial charge in [-0.2, -0.15) is 4.28 Å². The van der Waals surface area contributed by atoms with E-state index in [4.69, 9.17) is 19.1 Å². The fourth-order valence-electron chi connectivity index (χ4n) is 2.26. The zero-order valence-electron chi connectivity index (χ0n) is 13.9. The maximum absolute atomic E-state index is 10.9. The summed E-state index contributed by atoms with van der Waals surface area (Å²) in [6, 6.07) is 5.77. The van der Waals surface area contributed by atoms with Crippen molar-refractivity contribution in [1.29, 1.82) is 0 Å². The van der Waals surface area contributed by atoms with Crippen LogP contribution in [0.3, 0.4) is 0 Å². The van der Waals surface area contributed by atoms with E-state index in [2.05, 4.69) is 15.9 Å². The van der Waals surface area contributed by atoms with Crippen molar-refractivity contribution >= 4 is 40.0 Å². The van der Waals surface area contributed by atoms with Crippen LogP contribution in [0.25, 0.3) is 6.08 Å². The molecule has 2 rings (SSSR count). The van der Waals surface area contributed by atoms with Crippen LogP contribution in [-0.2, 0) is 13.9 Å². The molecule has 25 heavy (non-hydrogen) atoms. The van der Waals surface area contributed by atoms with E-state index >= 15 is 0 Å². The SMILES string of the molecule is COc1c(Br)cccc1C=C1ON(CCCCCCC(=O)NO)OS1. The highest BCUT2D eigenvalue weighted by molar-refractivity contribution is 9.10. The fraction of sp³-hybridized carbons (Fsp3) is 0.438. The van der Waals surface area contributed by atoms with Crippen molar-refractivity contribution in [2.45, 2.75) is 32.1 Å². The van der Waals surface area contributed by atoms with Crippen LogP contribution < -0.4 is 10.2 Å². The smallest absolute Gasteiger partial charge is 0.243 e. The number of amides is 1. The average Bonchev–Trinajstić information content (AvgIpc) is 3.05. The van der Waals surface area contributed by atoms with Crippen LogP contribution in [0.2, 0.25) is 0 Å². The minimum Gasteiger partial charge on any atom is -0.495 e. The van der Waals surface area contributed by atoms with Crippen LogP contribution in [0.4, 0.5) is 0 Å². The van der Waals surface area contributed by atoms with Gasteiger partial charge >= 0.3 is 0 Å². The van der Waals surface area contributed by atoms with Crippen molar-refractivity contribution in [2.75, 3.05) is 13.7 Å². The molecule has 1 fully saturated rings. The van der Waals surface area contributed by atoms with Crippen LogP contribution >= 0.6 is 28.0 Å². The summed E-state index contributed by atoms with van der Waals surface area (Å²) in [5.74, 6) is 0.393. The number of carbonyl (C=O) groups excluding carboxylic acids is 1. The second kappa shape index (κ2) is 10.7. The molecule has 1 heterocycles. The van der Waals surface area contributed by atoms with E-state index in [-0.39, 0.29) is 5.91 Å². The van der Waals surface area contributed by atoms with E-state index < -0.39 is 0 Å². The van der Waals surface area contributed by atoms with E-state index in [9.17, 15) is 4.79 Å². The quantitative estimate of drug-likeness (QED) is 0.263. The Kier molecular flexibility index (Phi) is 8.56. The lowest BCUT2D eigenvalue weighted by Crippen LogP contribution is -2.18. The number of carbonyl (C=O) groups is 1. The summed E-state index contributed by atoms with van der Waals surface area (Å²) in [6.07, 6.45) is 5.69. The molecular weight excluding hydrogens is 412 g/mol. The monoisotopic (exact) mass is 432 g/mol. The highest BCUT2D eigenvalue weighted by atomic mass is 79.9. The number of methoxy groups -OCH3 is 1. The fourth-order valence-corrected chi connectivity index (χ4v) is 3.35. The van der Waals surface area contributed by atoms with Crippen LogP contribution in [0, 0.1) is 0 Å². The Morgan fingerprint density at radius 2 is 2.20 bits per heavy atom. The molecule has 7 nitrogen and oxygen atoms in total. The number of nitrogens with zero attached hydrogens (tertiary/aromatic N) is 1. The lowest BCUT2D eigenvalue weighted by Gasteiger charge is -2.10. The van der Waals surface area contributed by atoms with Crippen molar-refractivity contribution in [3.05, 3.63) is 33.3 Å². The normalized spacial score (nSPS) is 16.0. The molecule has 138 valence electrons. The molecular formula is C16H21BrN2O5S. The Balaban J connectivity index is 1.73. The molecule has 1 aliphatic heterocycles. The van der Waals surface area contributed by atoms with Gasteiger partial charge in [-0.05, 0) is 40.1 Å². The Labute approximate surface area is 159 Å². The first-order valence-electron chi connectivity index (χ1n) is 7.91. The number of halogens is 1. The van der Waals surface area contributed by atoms with E-state index in [1.165, 1.54) is 5.23 Å². The van der Waals surface area contributed by atoms with Crippen LogP contribution in [0.1, 0.15) is 37.7 Å². The predicted octanol–water partition coefficient (Wildman–Crippen LogP) is 4.04. The molecule has 1 saturated heterocycles. The van der Waals surface area contributed by atoms with Gasteiger partial charge in [-0.15, -0.1) is 0 Å². The Bertz CT molecular complexity index is 614. The molecule has 1 aromatic carbocycles. The summed E-state index contributed by atoms with van der Waals surface area (Å²) in [5.41, 5.74) is 2.52. The number of unbranched alkanes of at least 4 members (excludes halogenated alkanes) is 3. The number of hydroxylamine groups is 3. The van der Waals surface area contributed by atoms with Crippen LogP contribution in [-0.4, -0.2) is 30.0 Å². The van der Waals surface area contributed by atoms with Gasteiger partial charge in [0.25, 0.3) is 0 Å². The zero-order chi connectivity index (χ0) is 18.1. The molecule has 1 aliphatic rings. The highest BCUT2D eigenvalue weighted by Gasteiger charge is 2.21. The van der Waals surface area contributed by atoms with Crippen molar-refractivity contribution in [3.63, 3.8) is 0 Å². The number of para-hydroxylation sites is 1. The van der Waals surface area contributed by atoms with Gasteiger partial charge < -0.3 is 9.57 Å². The molecule has 0 aromatic heterocycles. The number of nitrogens with one attached hydrogen (secondary N) is 1. The molecule has 9 heteroatoms. The standard InChI is InChI=1S/C16H21BrN2O5S/c1-22-16-12(7-6-8-13(16)17)11-15-23-19(24-25-15)10-5-3-2-4-9-14(20)18-21/h6-8,11,21H,2-5,9-10H2,1H3,(H,18,20). The number of ether oxygens (including phenoxy) is 1. The molecule has 0 bridgehead atoms. The van der Waals surface area contributed by atoms with Gasteiger partial charge in [0, 0.05) is 18.1 Å². The van der Waals surface area contributed by atoms with Gasteiger partial charge in [0.05, 0.1) is 30.2 Å². The van der Waals surface area contributed by atoms with Gasteiger partial charge in [-0.3, -0.25) is 10.0 Å². The predicted molar refractivity (Wildman–Crippen MR) is 98.2 cm³/mol. The summed E-state index contributed by atoms with van der Waals surface area (Å²) in [4.78, 5) is 16.5. The van der Waals surface area contributed by atoms with E-state index in [0.717, 1.165) is 53.5 Å². The highest BCUT2D eigenvalue weighted by Crippen LogP contribution is 2.35. The number of benzene rings is 1. The van der Waals surface area contributed by atoms with Crippen molar-refractivity contribution in [3.8, 4) is 5.75 Å². The molecule has 0 atom stereocenters. The lowest BCUT2D eigenvalue weighted by atomic mass is 10.1. The van der Waals surface area contributed by atoms with Crippen molar-refractivity contribution in [2.24, 2.45) is 0 Å². The molecule has 0 spiro atoms. The minimum atomic E-state index is -0.347. The summed E-state index contributed by atoms with van der Waals surface area (Å²) >= 11 is 4.61. The van der Waals surface area contributed by atoms with Crippen molar-refractivity contribution < 1.29 is 23.9 Å². The maximum Gasteiger partial charge on any atom is 0.243 e. The first kappa shape index (κ1) is 20.1. The third-order valence-corrected chi connectivity index (χ3v) is 4.71. The van der Waals surface area contributed by atoms with Crippen molar-refractivity contribution in [1.82, 2.24) is 10.7 Å². The van der Waals surface area contributed by atoms with Gasteiger partial charge in [-0.1, -0.05) is 25.0 Å². The Morgan fingerprint density at radius 3 is 2.96 bits per heavy atom. The second-order valence-electron chi connectivity index (χ2n) is 5.33. The van der Waals surface area contributed by atoms with Gasteiger partial charge in [-0.25, -0.2) is 5.48 Å². The topological polar surface area (TPSA) is 80.3 Å². The number of hydrogen-bond acceptors (Lipinski definition) is 7. The van der Waals surface area contributed by atoms with Gasteiger partial charge in [0.1, 0.15) is 5.75 Å². The Hall–Kier alpha value is -1.26. The van der Waals surface area contributed by atoms with Gasteiger partial charge in [0.15, 0.2) is 0 Å². The summed E-state index contributed by atoms with van der Waals surface area (Å²) in [6.45, 7) is 0.631. The molecule has 0 radical (unpaired) electrons. The summed E-state index contributed by atoms with van der Waals surface area (Å²) in [5, 5.41) is 10.5. The molecule has 0 saturated carbocycles. The first-order valence-corrected chi connectivity index (χ1v) is 9.44. The average molecular weight is 433 g/mol. The summed E-state index contributed by atoms with van der Waals surface area (Å²) in [7, 11) is 1.62. The Morgan fingerprint density at radius 1 is 1.40 bits per heavy atom. The van der Waals surface area contributed by atoms with E-state index in [0.29, 0.717) is 18.1 Å². The third-order valence-electron chi connectivity index (χ3n) is 3.49. The van der Waals surface area contributed by atoms with E-state index in [1.807, 2.05) is 24.3 Å². The number of rotatable bonds is 9. The van der Waals surface area contributed by atoms with Crippen LogP contribution in [0.5, 0.6) is 5.75 Å². The largest absolute Gasteiger partial charge is 0.495 e. The molecule has 1 aromatic rings. The molecule has 0 aliphatic carbocycles. The zero-order valence-corrected chi connectivity index (χ0v) is 16.3. The first-order chi connectivity index (χ1) is 12.1. The second-order valence-corrected chi connectivity index (χ2v) is 6.90. The number of hydrogen-bond donors (Lipinski definition) is 2. The molecule has 1 amide bonds.